The van der Waals surface area contributed by atoms with Gasteiger partial charge in [-0.2, -0.15) is 5.10 Å². The van der Waals surface area contributed by atoms with Crippen LogP contribution in [0.15, 0.2) is 60.7 Å². The maximum atomic E-state index is 13.9. The summed E-state index contributed by atoms with van der Waals surface area (Å²) in [4.78, 5) is 44.2. The monoisotopic (exact) mass is 682 g/mol. The minimum atomic E-state index is -0.725. The number of allylic oxidation sites excluding steroid dienone is 2. The lowest BCUT2D eigenvalue weighted by molar-refractivity contribution is -0.118. The lowest BCUT2D eigenvalue weighted by Gasteiger charge is -2.46. The van der Waals surface area contributed by atoms with Gasteiger partial charge >= 0.3 is 0 Å². The van der Waals surface area contributed by atoms with E-state index in [9.17, 15) is 14.7 Å². The summed E-state index contributed by atoms with van der Waals surface area (Å²) >= 11 is 0. The van der Waals surface area contributed by atoms with E-state index in [-0.39, 0.29) is 17.0 Å². The molecule has 3 saturated heterocycles. The van der Waals surface area contributed by atoms with Crippen molar-refractivity contribution in [3.8, 4) is 5.69 Å². The summed E-state index contributed by atoms with van der Waals surface area (Å²) in [6, 6.07) is 6.41. The fourth-order valence-corrected chi connectivity index (χ4v) is 7.43. The molecular weight excluding hydrogens is 636 g/mol. The van der Waals surface area contributed by atoms with Crippen molar-refractivity contribution in [1.82, 2.24) is 29.5 Å². The van der Waals surface area contributed by atoms with Crippen LogP contribution in [0.3, 0.4) is 0 Å². The second-order valence-corrected chi connectivity index (χ2v) is 14.5. The number of anilines is 4. The van der Waals surface area contributed by atoms with Gasteiger partial charge in [0.15, 0.2) is 5.69 Å². The number of carbonyl (C=O) groups excluding carboxylic acids is 2. The highest BCUT2D eigenvalue weighted by molar-refractivity contribution is 6.06. The van der Waals surface area contributed by atoms with Crippen molar-refractivity contribution in [2.75, 3.05) is 67.6 Å². The van der Waals surface area contributed by atoms with E-state index in [1.807, 2.05) is 24.4 Å². The number of aliphatic hydroxyl groups is 1. The third kappa shape index (κ3) is 6.57. The van der Waals surface area contributed by atoms with E-state index in [2.05, 4.69) is 62.4 Å². The lowest BCUT2D eigenvalue weighted by Crippen LogP contribution is -2.59. The predicted octanol–water partition coefficient (Wildman–Crippen LogP) is 2.82. The first-order chi connectivity index (χ1) is 24.0. The maximum absolute atomic E-state index is 13.9. The van der Waals surface area contributed by atoms with Crippen molar-refractivity contribution < 1.29 is 19.4 Å². The van der Waals surface area contributed by atoms with Gasteiger partial charge in [-0.25, -0.2) is 14.6 Å². The number of aromatic nitrogens is 4. The first kappa shape index (κ1) is 33.7. The second-order valence-electron chi connectivity index (χ2n) is 14.5. The van der Waals surface area contributed by atoms with Crippen LogP contribution < -0.4 is 20.9 Å². The molecule has 0 spiro atoms. The van der Waals surface area contributed by atoms with Crippen LogP contribution >= 0.6 is 0 Å². The van der Waals surface area contributed by atoms with Gasteiger partial charge in [0.25, 0.3) is 11.8 Å². The van der Waals surface area contributed by atoms with E-state index < -0.39 is 12.5 Å². The van der Waals surface area contributed by atoms with E-state index in [4.69, 9.17) is 10.5 Å². The summed E-state index contributed by atoms with van der Waals surface area (Å²) in [5, 5.41) is 18.3. The average Bonchev–Trinajstić information content (AvgIpc) is 3.47. The SMILES string of the molecule is C=C1/C=C2/C(=O)N(c3nccc(-n4cc(Nc5ccc(N6CCN(C7COC7)C[C@@H]6C)cn5)c(C(N)=O)n4)c3CO)CCN2CCC(C)(C)C1. The van der Waals surface area contributed by atoms with Crippen LogP contribution in [0.25, 0.3) is 5.69 Å². The topological polar surface area (TPSA) is 158 Å². The quantitative estimate of drug-likeness (QED) is 0.321. The molecule has 3 fully saturated rings. The third-order valence-corrected chi connectivity index (χ3v) is 10.3. The molecule has 7 rings (SSSR count). The van der Waals surface area contributed by atoms with Crippen molar-refractivity contribution in [3.05, 3.63) is 72.0 Å². The Morgan fingerprint density at radius 3 is 2.64 bits per heavy atom. The molecule has 2 amide bonds. The standard InChI is InChI=1S/C36H46N10O4/c1-23-15-30-35(49)45(14-11-42(30)10-8-36(3,4)16-23)34-27(20-47)29(7-9-38-34)46-19-28(32(41-46)33(37)48)40-31-6-5-25(17-39-31)44-13-12-43(18-24(44)2)26-21-50-22-26/h5-7,9,15,17,19,24,26,47H,1,8,10-14,16,18,20-22H2,2-4H3,(H2,37,48)(H,39,40)/b30-15-/t24-/m0/s1. The van der Waals surface area contributed by atoms with Gasteiger partial charge in [-0.1, -0.05) is 26.0 Å². The van der Waals surface area contributed by atoms with Gasteiger partial charge in [0, 0.05) is 57.1 Å². The number of fused-ring (bicyclic) bond motifs is 1. The number of carbonyl (C=O) groups is 2. The number of nitrogens with one attached hydrogen (secondary N) is 1. The van der Waals surface area contributed by atoms with Crippen LogP contribution in [-0.2, 0) is 16.1 Å². The summed E-state index contributed by atoms with van der Waals surface area (Å²) in [5.41, 5.74) is 9.59. The molecule has 0 unspecified atom stereocenters. The molecule has 4 aliphatic rings. The summed E-state index contributed by atoms with van der Waals surface area (Å²) in [7, 11) is 0. The highest BCUT2D eigenvalue weighted by Crippen LogP contribution is 2.36. The molecule has 0 aromatic carbocycles. The van der Waals surface area contributed by atoms with Gasteiger partial charge in [-0.05, 0) is 49.5 Å². The number of hydrogen-bond donors (Lipinski definition) is 3. The minimum Gasteiger partial charge on any atom is -0.391 e. The van der Waals surface area contributed by atoms with Crippen molar-refractivity contribution in [1.29, 1.82) is 0 Å². The highest BCUT2D eigenvalue weighted by atomic mass is 16.5. The summed E-state index contributed by atoms with van der Waals surface area (Å²) in [5.74, 6) is -0.0667. The maximum Gasteiger partial charge on any atom is 0.275 e. The predicted molar refractivity (Wildman–Crippen MR) is 190 cm³/mol. The van der Waals surface area contributed by atoms with Crippen LogP contribution in [0, 0.1) is 5.41 Å². The zero-order valence-electron chi connectivity index (χ0n) is 29.0. The number of hydrogen-bond acceptors (Lipinski definition) is 11. The second kappa shape index (κ2) is 13.5. The van der Waals surface area contributed by atoms with Crippen LogP contribution in [0.2, 0.25) is 0 Å². The average molecular weight is 683 g/mol. The van der Waals surface area contributed by atoms with Gasteiger partial charge in [0.1, 0.15) is 17.3 Å². The molecule has 0 saturated carbocycles. The Bertz CT molecular complexity index is 1820. The summed E-state index contributed by atoms with van der Waals surface area (Å²) in [6.07, 6.45) is 8.65. The molecule has 7 heterocycles. The van der Waals surface area contributed by atoms with Crippen LogP contribution in [0.4, 0.5) is 23.0 Å². The Balaban J connectivity index is 1.12. The molecule has 0 radical (unpaired) electrons. The van der Waals surface area contributed by atoms with Crippen molar-refractivity contribution in [3.63, 3.8) is 0 Å². The Kier molecular flexibility index (Phi) is 9.09. The molecule has 14 nitrogen and oxygen atoms in total. The number of rotatable bonds is 8. The number of piperazine rings is 2. The van der Waals surface area contributed by atoms with E-state index in [0.29, 0.717) is 59.4 Å². The lowest BCUT2D eigenvalue weighted by atomic mass is 9.81. The molecule has 3 aromatic heterocycles. The number of aliphatic hydroxyl groups excluding tert-OH is 1. The van der Waals surface area contributed by atoms with Crippen LogP contribution in [0.5, 0.6) is 0 Å². The van der Waals surface area contributed by atoms with Crippen molar-refractivity contribution >= 4 is 34.8 Å². The van der Waals surface area contributed by atoms with Gasteiger partial charge in [-0.3, -0.25) is 19.4 Å². The first-order valence-electron chi connectivity index (χ1n) is 17.3. The number of nitrogens with zero attached hydrogens (tertiary/aromatic N) is 8. The fourth-order valence-electron chi connectivity index (χ4n) is 7.43. The van der Waals surface area contributed by atoms with E-state index >= 15 is 0 Å². The Labute approximate surface area is 292 Å². The van der Waals surface area contributed by atoms with Gasteiger partial charge in [-0.15, -0.1) is 0 Å². The third-order valence-electron chi connectivity index (χ3n) is 10.3. The molecular formula is C36H46N10O4. The molecule has 1 atom stereocenters. The number of primary amides is 1. The molecule has 4 aliphatic heterocycles. The molecule has 3 aromatic rings. The van der Waals surface area contributed by atoms with Gasteiger partial charge in [0.05, 0.1) is 55.3 Å². The first-order valence-corrected chi connectivity index (χ1v) is 17.3. The van der Waals surface area contributed by atoms with Gasteiger partial charge < -0.3 is 30.7 Å². The molecule has 50 heavy (non-hydrogen) atoms. The van der Waals surface area contributed by atoms with Crippen LogP contribution in [0.1, 0.15) is 49.7 Å². The Morgan fingerprint density at radius 1 is 1.14 bits per heavy atom. The fraction of sp³-hybridized carbons (Fsp3) is 0.472. The van der Waals surface area contributed by atoms with E-state index in [0.717, 1.165) is 63.5 Å². The van der Waals surface area contributed by atoms with E-state index in [1.54, 1.807) is 23.4 Å². The minimum absolute atomic E-state index is 0.00801. The highest BCUT2D eigenvalue weighted by Gasteiger charge is 2.36. The zero-order chi connectivity index (χ0) is 35.2. The number of pyridine rings is 2. The van der Waals surface area contributed by atoms with Crippen molar-refractivity contribution in [2.45, 2.75) is 52.3 Å². The molecule has 264 valence electrons. The largest absolute Gasteiger partial charge is 0.391 e. The number of nitrogens with two attached hydrogens (primary N) is 1. The molecule has 0 aliphatic carbocycles. The zero-order valence-corrected chi connectivity index (χ0v) is 29.0. The smallest absolute Gasteiger partial charge is 0.275 e. The van der Waals surface area contributed by atoms with Crippen molar-refractivity contribution in [2.24, 2.45) is 11.1 Å². The number of amides is 2. The Morgan fingerprint density at radius 2 is 1.96 bits per heavy atom. The molecule has 14 heteroatoms. The van der Waals surface area contributed by atoms with Gasteiger partial charge in [0.2, 0.25) is 0 Å². The summed E-state index contributed by atoms with van der Waals surface area (Å²) < 4.78 is 6.86. The Hall–Kier alpha value is -4.79. The summed E-state index contributed by atoms with van der Waals surface area (Å²) in [6.45, 7) is 16.7. The normalized spacial score (nSPS) is 22.7. The van der Waals surface area contributed by atoms with E-state index in [1.165, 1.54) is 4.68 Å². The molecule has 0 bridgehead atoms. The number of ether oxygens (including phenoxy) is 1. The van der Waals surface area contributed by atoms with Crippen LogP contribution in [-0.4, -0.2) is 111 Å². The molecule has 4 N–H and O–H groups in total.